The Morgan fingerprint density at radius 3 is 2.78 bits per heavy atom. The van der Waals surface area contributed by atoms with Crippen molar-refractivity contribution < 1.29 is 9.47 Å². The van der Waals surface area contributed by atoms with Crippen molar-refractivity contribution in [2.24, 2.45) is 0 Å². The first-order chi connectivity index (χ1) is 8.81. The van der Waals surface area contributed by atoms with Crippen LogP contribution in [-0.2, 0) is 4.74 Å². The van der Waals surface area contributed by atoms with Crippen LogP contribution >= 0.6 is 0 Å². The molecule has 0 aliphatic heterocycles. The molecule has 102 valence electrons. The molecule has 0 aromatic heterocycles. The van der Waals surface area contributed by atoms with Crippen LogP contribution < -0.4 is 10.1 Å². The summed E-state index contributed by atoms with van der Waals surface area (Å²) < 4.78 is 10.7. The first-order valence-electron chi connectivity index (χ1n) is 6.76. The maximum atomic E-state index is 5.55. The average Bonchev–Trinajstić information content (AvgIpc) is 2.39. The lowest BCUT2D eigenvalue weighted by Crippen LogP contribution is -2.21. The van der Waals surface area contributed by atoms with Crippen LogP contribution in [-0.4, -0.2) is 26.9 Å². The van der Waals surface area contributed by atoms with Crippen LogP contribution in [0.2, 0.25) is 0 Å². The van der Waals surface area contributed by atoms with Gasteiger partial charge in [0.05, 0.1) is 6.61 Å². The lowest BCUT2D eigenvalue weighted by molar-refractivity contribution is 0.189. The fourth-order valence-electron chi connectivity index (χ4n) is 2.05. The minimum absolute atomic E-state index is 0.380. The zero-order valence-electron chi connectivity index (χ0n) is 11.7. The highest BCUT2D eigenvalue weighted by Gasteiger charge is 2.10. The Bertz CT molecular complexity index is 328. The van der Waals surface area contributed by atoms with Gasteiger partial charge in [-0.3, -0.25) is 0 Å². The molecule has 0 radical (unpaired) electrons. The van der Waals surface area contributed by atoms with Gasteiger partial charge >= 0.3 is 0 Å². The third-order valence-electron chi connectivity index (χ3n) is 2.86. The average molecular weight is 251 g/mol. The second-order valence-electron chi connectivity index (χ2n) is 4.25. The van der Waals surface area contributed by atoms with Crippen molar-refractivity contribution in [1.82, 2.24) is 5.32 Å². The van der Waals surface area contributed by atoms with Crippen molar-refractivity contribution in [3.05, 3.63) is 29.8 Å². The van der Waals surface area contributed by atoms with Gasteiger partial charge in [-0.05, 0) is 44.0 Å². The molecule has 3 nitrogen and oxygen atoms in total. The second-order valence-corrected chi connectivity index (χ2v) is 4.25. The standard InChI is InChI=1S/C15H25NO2/c1-4-16-15(10-7-11-17-3)13-8-6-9-14(12-13)18-5-2/h6,8-9,12,15-16H,4-5,7,10-11H2,1-3H3. The smallest absolute Gasteiger partial charge is 0.119 e. The van der Waals surface area contributed by atoms with E-state index in [-0.39, 0.29) is 0 Å². The minimum Gasteiger partial charge on any atom is -0.494 e. The highest BCUT2D eigenvalue weighted by atomic mass is 16.5. The molecule has 1 unspecified atom stereocenters. The summed E-state index contributed by atoms with van der Waals surface area (Å²) in [4.78, 5) is 0. The first-order valence-corrected chi connectivity index (χ1v) is 6.76. The number of hydrogen-bond acceptors (Lipinski definition) is 3. The van der Waals surface area contributed by atoms with E-state index in [9.17, 15) is 0 Å². The van der Waals surface area contributed by atoms with E-state index in [1.807, 2.05) is 13.0 Å². The Hall–Kier alpha value is -1.06. The summed E-state index contributed by atoms with van der Waals surface area (Å²) in [6.07, 6.45) is 2.14. The van der Waals surface area contributed by atoms with E-state index in [1.165, 1.54) is 5.56 Å². The largest absolute Gasteiger partial charge is 0.494 e. The van der Waals surface area contributed by atoms with E-state index >= 15 is 0 Å². The monoisotopic (exact) mass is 251 g/mol. The van der Waals surface area contributed by atoms with Gasteiger partial charge in [0.25, 0.3) is 0 Å². The van der Waals surface area contributed by atoms with Gasteiger partial charge in [0.1, 0.15) is 5.75 Å². The van der Waals surface area contributed by atoms with Crippen LogP contribution in [0.5, 0.6) is 5.75 Å². The van der Waals surface area contributed by atoms with Gasteiger partial charge in [0.2, 0.25) is 0 Å². The van der Waals surface area contributed by atoms with Gasteiger partial charge in [0.15, 0.2) is 0 Å². The number of ether oxygens (including phenoxy) is 2. The molecule has 1 rings (SSSR count). The Labute approximate surface area is 110 Å². The molecule has 0 aliphatic carbocycles. The highest BCUT2D eigenvalue weighted by Crippen LogP contribution is 2.22. The van der Waals surface area contributed by atoms with Crippen molar-refractivity contribution in [3.63, 3.8) is 0 Å². The summed E-state index contributed by atoms with van der Waals surface area (Å²) >= 11 is 0. The molecule has 0 saturated heterocycles. The van der Waals surface area contributed by atoms with Crippen LogP contribution in [0.3, 0.4) is 0 Å². The number of hydrogen-bond donors (Lipinski definition) is 1. The molecular weight excluding hydrogens is 226 g/mol. The van der Waals surface area contributed by atoms with E-state index in [4.69, 9.17) is 9.47 Å². The normalized spacial score (nSPS) is 12.4. The van der Waals surface area contributed by atoms with Crippen molar-refractivity contribution in [1.29, 1.82) is 0 Å². The van der Waals surface area contributed by atoms with Crippen molar-refractivity contribution in [2.75, 3.05) is 26.9 Å². The van der Waals surface area contributed by atoms with Crippen LogP contribution in [0.15, 0.2) is 24.3 Å². The SMILES string of the molecule is CCNC(CCCOC)c1cccc(OCC)c1. The van der Waals surface area contributed by atoms with Gasteiger partial charge in [-0.15, -0.1) is 0 Å². The number of rotatable bonds is 9. The first kappa shape index (κ1) is 15.0. The molecule has 18 heavy (non-hydrogen) atoms. The van der Waals surface area contributed by atoms with E-state index in [2.05, 4.69) is 30.4 Å². The minimum atomic E-state index is 0.380. The summed E-state index contributed by atoms with van der Waals surface area (Å²) in [7, 11) is 1.75. The molecule has 3 heteroatoms. The fourth-order valence-corrected chi connectivity index (χ4v) is 2.05. The Morgan fingerprint density at radius 2 is 2.11 bits per heavy atom. The maximum absolute atomic E-state index is 5.55. The number of benzene rings is 1. The molecule has 0 fully saturated rings. The van der Waals surface area contributed by atoms with Gasteiger partial charge in [0, 0.05) is 19.8 Å². The van der Waals surface area contributed by atoms with E-state index in [0.29, 0.717) is 12.6 Å². The molecule has 1 aromatic rings. The third kappa shape index (κ3) is 5.07. The molecule has 1 N–H and O–H groups in total. The molecule has 0 heterocycles. The topological polar surface area (TPSA) is 30.5 Å². The molecule has 0 aliphatic rings. The second kappa shape index (κ2) is 8.95. The predicted molar refractivity (Wildman–Crippen MR) is 75.1 cm³/mol. The van der Waals surface area contributed by atoms with Crippen LogP contribution in [0.25, 0.3) is 0 Å². The summed E-state index contributed by atoms with van der Waals surface area (Å²) in [5.74, 6) is 0.949. The Balaban J connectivity index is 2.67. The summed E-state index contributed by atoms with van der Waals surface area (Å²) in [6, 6.07) is 8.73. The molecule has 0 spiro atoms. The third-order valence-corrected chi connectivity index (χ3v) is 2.86. The zero-order chi connectivity index (χ0) is 13.2. The maximum Gasteiger partial charge on any atom is 0.119 e. The molecule has 0 saturated carbocycles. The lowest BCUT2D eigenvalue weighted by atomic mass is 10.0. The van der Waals surface area contributed by atoms with E-state index in [1.54, 1.807) is 7.11 Å². The van der Waals surface area contributed by atoms with E-state index < -0.39 is 0 Å². The van der Waals surface area contributed by atoms with Crippen molar-refractivity contribution >= 4 is 0 Å². The summed E-state index contributed by atoms with van der Waals surface area (Å²) in [6.45, 7) is 6.63. The van der Waals surface area contributed by atoms with Gasteiger partial charge in [-0.25, -0.2) is 0 Å². The van der Waals surface area contributed by atoms with Crippen LogP contribution in [0.4, 0.5) is 0 Å². The number of nitrogens with one attached hydrogen (secondary N) is 1. The summed E-state index contributed by atoms with van der Waals surface area (Å²) in [5, 5.41) is 3.52. The Morgan fingerprint density at radius 1 is 1.28 bits per heavy atom. The van der Waals surface area contributed by atoms with Gasteiger partial charge in [-0.1, -0.05) is 19.1 Å². The molecule has 0 bridgehead atoms. The highest BCUT2D eigenvalue weighted by molar-refractivity contribution is 5.30. The molecule has 0 amide bonds. The molecule has 1 aromatic carbocycles. The molecule has 1 atom stereocenters. The fraction of sp³-hybridized carbons (Fsp3) is 0.600. The van der Waals surface area contributed by atoms with Crippen LogP contribution in [0.1, 0.15) is 38.3 Å². The lowest BCUT2D eigenvalue weighted by Gasteiger charge is -2.19. The Kier molecular flexibility index (Phi) is 7.46. The number of methoxy groups -OCH3 is 1. The summed E-state index contributed by atoms with van der Waals surface area (Å²) in [5.41, 5.74) is 1.29. The van der Waals surface area contributed by atoms with Crippen molar-refractivity contribution in [2.45, 2.75) is 32.7 Å². The molecular formula is C15H25NO2. The van der Waals surface area contributed by atoms with Crippen molar-refractivity contribution in [3.8, 4) is 5.75 Å². The van der Waals surface area contributed by atoms with E-state index in [0.717, 1.165) is 31.7 Å². The quantitative estimate of drug-likeness (QED) is 0.684. The van der Waals surface area contributed by atoms with Crippen LogP contribution in [0, 0.1) is 0 Å². The van der Waals surface area contributed by atoms with Gasteiger partial charge in [-0.2, -0.15) is 0 Å². The zero-order valence-corrected chi connectivity index (χ0v) is 11.7. The predicted octanol–water partition coefficient (Wildman–Crippen LogP) is 3.16. The van der Waals surface area contributed by atoms with Gasteiger partial charge < -0.3 is 14.8 Å².